The van der Waals surface area contributed by atoms with Crippen molar-refractivity contribution < 1.29 is 23.1 Å². The van der Waals surface area contributed by atoms with E-state index in [-0.39, 0.29) is 24.4 Å². The number of aromatic amines is 1. The minimum atomic E-state index is -1.10. The number of carboxylic acids is 1. The Morgan fingerprint density at radius 3 is 2.71 bits per heavy atom. The van der Waals surface area contributed by atoms with Crippen LogP contribution in [0.25, 0.3) is 22.4 Å². The Kier molecular flexibility index (Phi) is 5.35. The highest BCUT2D eigenvalue weighted by Crippen LogP contribution is 2.34. The van der Waals surface area contributed by atoms with Gasteiger partial charge in [-0.3, -0.25) is 9.18 Å². The third-order valence-electron chi connectivity index (χ3n) is 4.87. The normalized spacial score (nSPS) is 13.0. The fourth-order valence-electron chi connectivity index (χ4n) is 3.02. The molecule has 2 N–H and O–H groups in total. The van der Waals surface area contributed by atoms with E-state index in [4.69, 9.17) is 5.11 Å². The molecule has 28 heavy (non-hydrogen) atoms. The summed E-state index contributed by atoms with van der Waals surface area (Å²) in [6.07, 6.45) is 3.18. The lowest BCUT2D eigenvalue weighted by Crippen LogP contribution is -2.30. The first-order chi connectivity index (χ1) is 13.2. The molecule has 0 aliphatic rings. The molecule has 0 aromatic carbocycles. The summed E-state index contributed by atoms with van der Waals surface area (Å²) in [5, 5.41) is 9.58. The SMILES string of the molecule is CC(C)(CF)C(CC(=O)O)Cc1nc(-c2c[nH]c3ncc(F)cc23)ncc1F. The van der Waals surface area contributed by atoms with Crippen LogP contribution in [0.15, 0.2) is 24.7 Å². The number of aliphatic carboxylic acids is 1. The predicted molar refractivity (Wildman–Crippen MR) is 96.2 cm³/mol. The van der Waals surface area contributed by atoms with Gasteiger partial charge in [-0.2, -0.15) is 0 Å². The highest BCUT2D eigenvalue weighted by molar-refractivity contribution is 5.91. The van der Waals surface area contributed by atoms with Crippen LogP contribution in [0.5, 0.6) is 0 Å². The molecule has 3 aromatic heterocycles. The molecule has 0 bridgehead atoms. The summed E-state index contributed by atoms with van der Waals surface area (Å²) < 4.78 is 41.3. The molecule has 0 aliphatic heterocycles. The standard InChI is InChI=1S/C19H19F3N4O2/c1-19(2,9-20)10(4-16(27)28)3-15-14(22)8-25-18(26-15)13-7-24-17-12(13)5-11(21)6-23-17/h5-8,10H,3-4,9H2,1-2H3,(H,23,24)(H,27,28). The summed E-state index contributed by atoms with van der Waals surface area (Å²) in [7, 11) is 0. The molecule has 1 atom stereocenters. The summed E-state index contributed by atoms with van der Waals surface area (Å²) >= 11 is 0. The van der Waals surface area contributed by atoms with E-state index in [0.29, 0.717) is 16.6 Å². The van der Waals surface area contributed by atoms with Crippen LogP contribution < -0.4 is 0 Å². The first kappa shape index (κ1) is 19.8. The number of fused-ring (bicyclic) bond motifs is 1. The van der Waals surface area contributed by atoms with Crippen molar-refractivity contribution in [3.05, 3.63) is 42.0 Å². The molecular formula is C19H19F3N4O2. The van der Waals surface area contributed by atoms with Crippen molar-refractivity contribution in [3.63, 3.8) is 0 Å². The van der Waals surface area contributed by atoms with E-state index in [9.17, 15) is 18.0 Å². The first-order valence-corrected chi connectivity index (χ1v) is 8.63. The summed E-state index contributed by atoms with van der Waals surface area (Å²) in [6, 6.07) is 1.26. The van der Waals surface area contributed by atoms with Crippen LogP contribution in [0.3, 0.4) is 0 Å². The second kappa shape index (κ2) is 7.57. The monoisotopic (exact) mass is 392 g/mol. The van der Waals surface area contributed by atoms with Gasteiger partial charge in [-0.15, -0.1) is 0 Å². The molecule has 3 heterocycles. The van der Waals surface area contributed by atoms with E-state index in [2.05, 4.69) is 19.9 Å². The van der Waals surface area contributed by atoms with Gasteiger partial charge in [0.25, 0.3) is 0 Å². The van der Waals surface area contributed by atoms with Gasteiger partial charge >= 0.3 is 5.97 Å². The number of H-pyrrole nitrogens is 1. The van der Waals surface area contributed by atoms with Gasteiger partial charge in [-0.1, -0.05) is 13.8 Å². The van der Waals surface area contributed by atoms with Crippen molar-refractivity contribution in [1.29, 1.82) is 0 Å². The predicted octanol–water partition coefficient (Wildman–Crippen LogP) is 3.93. The van der Waals surface area contributed by atoms with Gasteiger partial charge in [-0.25, -0.2) is 23.7 Å². The number of aromatic nitrogens is 4. The van der Waals surface area contributed by atoms with Crippen LogP contribution >= 0.6 is 0 Å². The van der Waals surface area contributed by atoms with Crippen molar-refractivity contribution in [1.82, 2.24) is 19.9 Å². The maximum atomic E-state index is 14.3. The number of alkyl halides is 1. The highest BCUT2D eigenvalue weighted by Gasteiger charge is 2.33. The van der Waals surface area contributed by atoms with Gasteiger partial charge in [0.05, 0.1) is 24.8 Å². The second-order valence-corrected chi connectivity index (χ2v) is 7.36. The van der Waals surface area contributed by atoms with E-state index in [1.807, 2.05) is 0 Å². The molecule has 1 unspecified atom stereocenters. The molecule has 3 aromatic rings. The van der Waals surface area contributed by atoms with E-state index in [1.165, 1.54) is 12.3 Å². The molecule has 0 radical (unpaired) electrons. The average Bonchev–Trinajstić information content (AvgIpc) is 3.05. The third-order valence-corrected chi connectivity index (χ3v) is 4.87. The summed E-state index contributed by atoms with van der Waals surface area (Å²) in [5.74, 6) is -2.88. The highest BCUT2D eigenvalue weighted by atomic mass is 19.1. The number of hydrogen-bond donors (Lipinski definition) is 2. The zero-order valence-corrected chi connectivity index (χ0v) is 15.3. The maximum Gasteiger partial charge on any atom is 0.303 e. The van der Waals surface area contributed by atoms with Crippen LogP contribution in [0, 0.1) is 23.0 Å². The van der Waals surface area contributed by atoms with Crippen molar-refractivity contribution in [3.8, 4) is 11.4 Å². The Hall–Kier alpha value is -2.97. The second-order valence-electron chi connectivity index (χ2n) is 7.36. The quantitative estimate of drug-likeness (QED) is 0.636. The Morgan fingerprint density at radius 2 is 2.04 bits per heavy atom. The molecule has 0 amide bonds. The molecule has 0 aliphatic carbocycles. The summed E-state index contributed by atoms with van der Waals surface area (Å²) in [4.78, 5) is 26.2. The average molecular weight is 392 g/mol. The number of carbonyl (C=O) groups is 1. The summed E-state index contributed by atoms with van der Waals surface area (Å²) in [6.45, 7) is 2.43. The van der Waals surface area contributed by atoms with Crippen LogP contribution in [-0.4, -0.2) is 37.7 Å². The van der Waals surface area contributed by atoms with Crippen molar-refractivity contribution in [2.45, 2.75) is 26.7 Å². The number of pyridine rings is 1. The Balaban J connectivity index is 2.01. The molecule has 9 heteroatoms. The maximum absolute atomic E-state index is 14.3. The molecule has 0 fully saturated rings. The Morgan fingerprint density at radius 1 is 1.29 bits per heavy atom. The van der Waals surface area contributed by atoms with E-state index < -0.39 is 35.6 Å². The number of nitrogens with one attached hydrogen (secondary N) is 1. The van der Waals surface area contributed by atoms with Crippen LogP contribution in [0.4, 0.5) is 13.2 Å². The molecule has 3 rings (SSSR count). The van der Waals surface area contributed by atoms with Crippen molar-refractivity contribution in [2.24, 2.45) is 11.3 Å². The van der Waals surface area contributed by atoms with E-state index >= 15 is 0 Å². The Labute approximate surface area is 158 Å². The third kappa shape index (κ3) is 3.97. The zero-order valence-electron chi connectivity index (χ0n) is 15.3. The molecule has 0 saturated heterocycles. The van der Waals surface area contributed by atoms with Crippen LogP contribution in [0.1, 0.15) is 26.0 Å². The van der Waals surface area contributed by atoms with Gasteiger partial charge in [0, 0.05) is 23.6 Å². The van der Waals surface area contributed by atoms with Crippen LogP contribution in [0.2, 0.25) is 0 Å². The van der Waals surface area contributed by atoms with E-state index in [0.717, 1.165) is 12.4 Å². The molecule has 0 spiro atoms. The van der Waals surface area contributed by atoms with Gasteiger partial charge in [-0.05, 0) is 23.8 Å². The smallest absolute Gasteiger partial charge is 0.303 e. The van der Waals surface area contributed by atoms with Gasteiger partial charge < -0.3 is 10.1 Å². The lowest BCUT2D eigenvalue weighted by molar-refractivity contribution is -0.139. The Bertz CT molecular complexity index is 1020. The van der Waals surface area contributed by atoms with E-state index in [1.54, 1.807) is 13.8 Å². The number of halogens is 3. The van der Waals surface area contributed by atoms with Gasteiger partial charge in [0.15, 0.2) is 11.6 Å². The summed E-state index contributed by atoms with van der Waals surface area (Å²) in [5.41, 5.74) is -0.128. The minimum absolute atomic E-state index is 0.0171. The molecule has 148 valence electrons. The van der Waals surface area contributed by atoms with Gasteiger partial charge in [0.2, 0.25) is 0 Å². The van der Waals surface area contributed by atoms with Crippen LogP contribution in [-0.2, 0) is 11.2 Å². The van der Waals surface area contributed by atoms with Gasteiger partial charge in [0.1, 0.15) is 11.5 Å². The minimum Gasteiger partial charge on any atom is -0.481 e. The van der Waals surface area contributed by atoms with Crippen molar-refractivity contribution in [2.75, 3.05) is 6.67 Å². The fourth-order valence-corrected chi connectivity index (χ4v) is 3.02. The van der Waals surface area contributed by atoms with Crippen molar-refractivity contribution >= 4 is 17.0 Å². The fraction of sp³-hybridized carbons (Fsp3) is 0.368. The number of nitrogens with zero attached hydrogens (tertiary/aromatic N) is 3. The molecule has 0 saturated carbocycles. The number of hydrogen-bond acceptors (Lipinski definition) is 4. The number of rotatable bonds is 7. The first-order valence-electron chi connectivity index (χ1n) is 8.63. The largest absolute Gasteiger partial charge is 0.481 e. The topological polar surface area (TPSA) is 91.8 Å². The molecular weight excluding hydrogens is 373 g/mol. The lowest BCUT2D eigenvalue weighted by Gasteiger charge is -2.30. The molecule has 6 nitrogen and oxygen atoms in total. The zero-order chi connectivity index (χ0) is 20.5. The lowest BCUT2D eigenvalue weighted by atomic mass is 9.75. The number of carboxylic acid groups (broad SMARTS) is 1.